The quantitative estimate of drug-likeness (QED) is 0.721. The van der Waals surface area contributed by atoms with E-state index >= 15 is 0 Å². The van der Waals surface area contributed by atoms with Crippen molar-refractivity contribution in [1.82, 2.24) is 5.32 Å². The molecule has 0 aliphatic carbocycles. The summed E-state index contributed by atoms with van der Waals surface area (Å²) in [7, 11) is 1.37. The third-order valence-corrected chi connectivity index (χ3v) is 2.99. The number of carbonyl (C=O) groups is 2. The van der Waals surface area contributed by atoms with Gasteiger partial charge in [0.05, 0.1) is 7.11 Å². The Balaban J connectivity index is 2.36. The van der Waals surface area contributed by atoms with E-state index in [0.717, 1.165) is 5.69 Å². The van der Waals surface area contributed by atoms with Gasteiger partial charge in [0.1, 0.15) is 6.04 Å². The van der Waals surface area contributed by atoms with Gasteiger partial charge in [-0.05, 0) is 24.5 Å². The number of ether oxygens (including phenoxy) is 1. The zero-order valence-electron chi connectivity index (χ0n) is 12.9. The van der Waals surface area contributed by atoms with Crippen LogP contribution in [0.1, 0.15) is 26.7 Å². The molecule has 1 aromatic carbocycles. The van der Waals surface area contributed by atoms with Gasteiger partial charge in [0.25, 0.3) is 0 Å². The maximum atomic E-state index is 11.8. The number of nitrogens with one attached hydrogen (secondary N) is 2. The van der Waals surface area contributed by atoms with Crippen LogP contribution in [0.5, 0.6) is 0 Å². The van der Waals surface area contributed by atoms with Crippen LogP contribution < -0.4 is 10.6 Å². The van der Waals surface area contributed by atoms with E-state index in [4.69, 9.17) is 4.74 Å². The predicted octanol–water partition coefficient (Wildman–Crippen LogP) is 2.19. The number of carbonyl (C=O) groups excluding carboxylic acids is 2. The maximum Gasteiger partial charge on any atom is 0.322 e. The van der Waals surface area contributed by atoms with Crippen LogP contribution in [-0.4, -0.2) is 31.6 Å². The molecule has 1 atom stereocenters. The minimum absolute atomic E-state index is 0.0816. The number of esters is 1. The predicted molar refractivity (Wildman–Crippen MR) is 83.0 cm³/mol. The molecule has 0 bridgehead atoms. The van der Waals surface area contributed by atoms with Crippen LogP contribution in [0.2, 0.25) is 0 Å². The first-order chi connectivity index (χ1) is 10.0. The zero-order chi connectivity index (χ0) is 15.7. The molecule has 1 amide bonds. The summed E-state index contributed by atoms with van der Waals surface area (Å²) in [4.78, 5) is 23.4. The molecule has 1 rings (SSSR count). The number of amides is 1. The van der Waals surface area contributed by atoms with Gasteiger partial charge in [0.2, 0.25) is 5.91 Å². The van der Waals surface area contributed by atoms with Gasteiger partial charge in [-0.25, -0.2) is 0 Å². The van der Waals surface area contributed by atoms with Crippen molar-refractivity contribution in [2.75, 3.05) is 19.0 Å². The molecule has 2 N–H and O–H groups in total. The minimum atomic E-state index is -0.362. The molecule has 0 saturated carbocycles. The number of hydrogen-bond donors (Lipinski definition) is 2. The lowest BCUT2D eigenvalue weighted by Gasteiger charge is -2.18. The third kappa shape index (κ3) is 6.90. The molecule has 0 aliphatic rings. The first-order valence-electron chi connectivity index (χ1n) is 7.19. The van der Waals surface area contributed by atoms with Gasteiger partial charge in [-0.15, -0.1) is 0 Å². The fourth-order valence-corrected chi connectivity index (χ4v) is 1.98. The lowest BCUT2D eigenvalue weighted by Crippen LogP contribution is -2.40. The summed E-state index contributed by atoms with van der Waals surface area (Å²) in [5.74, 6) is 0.00813. The van der Waals surface area contributed by atoms with E-state index in [1.807, 2.05) is 44.2 Å². The van der Waals surface area contributed by atoms with Crippen LogP contribution in [0.4, 0.5) is 5.69 Å². The monoisotopic (exact) mass is 292 g/mol. The summed E-state index contributed by atoms with van der Waals surface area (Å²) >= 11 is 0. The van der Waals surface area contributed by atoms with Crippen molar-refractivity contribution in [3.63, 3.8) is 0 Å². The highest BCUT2D eigenvalue weighted by molar-refractivity contribution is 5.90. The number of hydrogen-bond acceptors (Lipinski definition) is 4. The number of para-hydroxylation sites is 1. The Morgan fingerprint density at radius 1 is 1.19 bits per heavy atom. The number of benzene rings is 1. The molecule has 0 saturated heterocycles. The van der Waals surface area contributed by atoms with E-state index in [1.165, 1.54) is 7.11 Å². The number of anilines is 1. The average Bonchev–Trinajstić information content (AvgIpc) is 2.46. The summed E-state index contributed by atoms with van der Waals surface area (Å²) < 4.78 is 4.76. The molecule has 0 spiro atoms. The topological polar surface area (TPSA) is 67.4 Å². The van der Waals surface area contributed by atoms with Crippen molar-refractivity contribution < 1.29 is 14.3 Å². The van der Waals surface area contributed by atoms with Crippen LogP contribution >= 0.6 is 0 Å². The summed E-state index contributed by atoms with van der Waals surface area (Å²) in [5, 5.41) is 5.89. The van der Waals surface area contributed by atoms with E-state index in [9.17, 15) is 9.59 Å². The normalized spacial score (nSPS) is 12.0. The fourth-order valence-electron chi connectivity index (χ4n) is 1.98. The second kappa shape index (κ2) is 9.13. The van der Waals surface area contributed by atoms with Crippen molar-refractivity contribution >= 4 is 17.6 Å². The van der Waals surface area contributed by atoms with Gasteiger partial charge >= 0.3 is 5.97 Å². The van der Waals surface area contributed by atoms with Crippen molar-refractivity contribution in [2.45, 2.75) is 32.7 Å². The maximum absolute atomic E-state index is 11.8. The van der Waals surface area contributed by atoms with E-state index in [0.29, 0.717) is 25.3 Å². The molecule has 0 radical (unpaired) electrons. The Hall–Kier alpha value is -1.88. The number of rotatable bonds is 8. The second-order valence-electron chi connectivity index (χ2n) is 5.32. The second-order valence-corrected chi connectivity index (χ2v) is 5.32. The van der Waals surface area contributed by atoms with Crippen molar-refractivity contribution in [1.29, 1.82) is 0 Å². The SMILES string of the molecule is COC(=O)C(CC(C)C)NCCC(=O)Nc1ccccc1. The van der Waals surface area contributed by atoms with Crippen LogP contribution in [0, 0.1) is 5.92 Å². The summed E-state index contributed by atoms with van der Waals surface area (Å²) in [6.07, 6.45) is 0.994. The average molecular weight is 292 g/mol. The van der Waals surface area contributed by atoms with Crippen LogP contribution in [0.3, 0.4) is 0 Å². The van der Waals surface area contributed by atoms with Crippen molar-refractivity contribution in [3.05, 3.63) is 30.3 Å². The molecular weight excluding hydrogens is 268 g/mol. The highest BCUT2D eigenvalue weighted by Gasteiger charge is 2.19. The fraction of sp³-hybridized carbons (Fsp3) is 0.500. The van der Waals surface area contributed by atoms with E-state index in [2.05, 4.69) is 10.6 Å². The van der Waals surface area contributed by atoms with Crippen LogP contribution in [0.25, 0.3) is 0 Å². The highest BCUT2D eigenvalue weighted by atomic mass is 16.5. The van der Waals surface area contributed by atoms with Crippen LogP contribution in [0.15, 0.2) is 30.3 Å². The molecule has 116 valence electrons. The Morgan fingerprint density at radius 2 is 1.86 bits per heavy atom. The zero-order valence-corrected chi connectivity index (χ0v) is 12.9. The first kappa shape index (κ1) is 17.2. The lowest BCUT2D eigenvalue weighted by molar-refractivity contribution is -0.143. The molecule has 0 heterocycles. The third-order valence-electron chi connectivity index (χ3n) is 2.99. The van der Waals surface area contributed by atoms with Crippen molar-refractivity contribution in [2.24, 2.45) is 5.92 Å². The van der Waals surface area contributed by atoms with Gasteiger partial charge in [-0.2, -0.15) is 0 Å². The molecular formula is C16H24N2O3. The highest BCUT2D eigenvalue weighted by Crippen LogP contribution is 2.07. The Labute approximate surface area is 126 Å². The summed E-state index contributed by atoms with van der Waals surface area (Å²) in [6.45, 7) is 4.52. The molecule has 1 unspecified atom stereocenters. The smallest absolute Gasteiger partial charge is 0.322 e. The molecule has 5 nitrogen and oxygen atoms in total. The van der Waals surface area contributed by atoms with Crippen LogP contribution in [-0.2, 0) is 14.3 Å². The van der Waals surface area contributed by atoms with E-state index in [-0.39, 0.29) is 17.9 Å². The van der Waals surface area contributed by atoms with Gasteiger partial charge in [-0.1, -0.05) is 32.0 Å². The van der Waals surface area contributed by atoms with Gasteiger partial charge in [0, 0.05) is 18.7 Å². The first-order valence-corrected chi connectivity index (χ1v) is 7.19. The Kier molecular flexibility index (Phi) is 7.46. The van der Waals surface area contributed by atoms with E-state index in [1.54, 1.807) is 0 Å². The molecule has 0 aromatic heterocycles. The largest absolute Gasteiger partial charge is 0.468 e. The Morgan fingerprint density at radius 3 is 2.43 bits per heavy atom. The molecule has 1 aromatic rings. The minimum Gasteiger partial charge on any atom is -0.468 e. The summed E-state index contributed by atoms with van der Waals surface area (Å²) in [6, 6.07) is 8.93. The lowest BCUT2D eigenvalue weighted by atomic mass is 10.0. The number of methoxy groups -OCH3 is 1. The molecule has 0 aliphatic heterocycles. The van der Waals surface area contributed by atoms with Gasteiger partial charge in [-0.3, -0.25) is 9.59 Å². The van der Waals surface area contributed by atoms with Gasteiger partial charge in [0.15, 0.2) is 0 Å². The van der Waals surface area contributed by atoms with Gasteiger partial charge < -0.3 is 15.4 Å². The summed E-state index contributed by atoms with van der Waals surface area (Å²) in [5.41, 5.74) is 0.772. The van der Waals surface area contributed by atoms with E-state index < -0.39 is 0 Å². The standard InChI is InChI=1S/C16H24N2O3/c1-12(2)11-14(16(20)21-3)17-10-9-15(19)18-13-7-5-4-6-8-13/h4-8,12,14,17H,9-11H2,1-3H3,(H,18,19). The van der Waals surface area contributed by atoms with Crippen molar-refractivity contribution in [3.8, 4) is 0 Å². The Bertz CT molecular complexity index is 446. The molecule has 0 fully saturated rings. The molecule has 5 heteroatoms. The molecule has 21 heavy (non-hydrogen) atoms.